The van der Waals surface area contributed by atoms with E-state index in [0.29, 0.717) is 6.54 Å². The molecule has 0 spiro atoms. The summed E-state index contributed by atoms with van der Waals surface area (Å²) in [4.78, 5) is 2.38. The lowest BCUT2D eigenvalue weighted by molar-refractivity contribution is -0.0260. The third-order valence-electron chi connectivity index (χ3n) is 3.05. The molecule has 0 aromatic heterocycles. The van der Waals surface area contributed by atoms with E-state index in [1.807, 2.05) is 12.1 Å². The lowest BCUT2D eigenvalue weighted by Crippen LogP contribution is -2.45. The largest absolute Gasteiger partial charge is 0.497 e. The molecule has 2 N–H and O–H groups in total. The van der Waals surface area contributed by atoms with Crippen LogP contribution in [0.5, 0.6) is 5.75 Å². The van der Waals surface area contributed by atoms with E-state index in [2.05, 4.69) is 17.0 Å². The van der Waals surface area contributed by atoms with Crippen LogP contribution in [0.15, 0.2) is 24.3 Å². The maximum atomic E-state index is 5.63. The number of ether oxygens (including phenoxy) is 2. The van der Waals surface area contributed by atoms with Crippen LogP contribution in [0, 0.1) is 0 Å². The van der Waals surface area contributed by atoms with Gasteiger partial charge in [-0.1, -0.05) is 12.1 Å². The van der Waals surface area contributed by atoms with Crippen LogP contribution < -0.4 is 10.5 Å². The van der Waals surface area contributed by atoms with Crippen molar-refractivity contribution in [2.75, 3.05) is 33.4 Å². The summed E-state index contributed by atoms with van der Waals surface area (Å²) in [5, 5.41) is 0. The van der Waals surface area contributed by atoms with Gasteiger partial charge < -0.3 is 15.2 Å². The van der Waals surface area contributed by atoms with Gasteiger partial charge in [-0.15, -0.1) is 0 Å². The monoisotopic (exact) mass is 236 g/mol. The predicted molar refractivity (Wildman–Crippen MR) is 67.1 cm³/mol. The molecule has 0 aliphatic carbocycles. The molecule has 2 rings (SSSR count). The molecule has 0 bridgehead atoms. The van der Waals surface area contributed by atoms with E-state index in [4.69, 9.17) is 15.2 Å². The number of hydrogen-bond donors (Lipinski definition) is 1. The molecule has 4 nitrogen and oxygen atoms in total. The van der Waals surface area contributed by atoms with Crippen LogP contribution in [0.1, 0.15) is 5.56 Å². The van der Waals surface area contributed by atoms with Crippen molar-refractivity contribution in [3.05, 3.63) is 29.8 Å². The molecule has 1 aliphatic rings. The van der Waals surface area contributed by atoms with Gasteiger partial charge in [0.2, 0.25) is 0 Å². The molecule has 0 amide bonds. The maximum absolute atomic E-state index is 5.63. The molecular formula is C13H20N2O2. The molecule has 0 saturated carbocycles. The van der Waals surface area contributed by atoms with Crippen molar-refractivity contribution in [3.63, 3.8) is 0 Å². The summed E-state index contributed by atoms with van der Waals surface area (Å²) in [6.07, 6.45) is 0.182. The van der Waals surface area contributed by atoms with Crippen molar-refractivity contribution in [2.24, 2.45) is 5.73 Å². The number of nitrogens with two attached hydrogens (primary N) is 1. The SMILES string of the molecule is COc1ccc(CN2CCO[C@@H](CN)C2)cc1. The zero-order chi connectivity index (χ0) is 12.1. The Morgan fingerprint density at radius 3 is 2.82 bits per heavy atom. The van der Waals surface area contributed by atoms with Gasteiger partial charge in [0, 0.05) is 26.2 Å². The number of morpholine rings is 1. The summed E-state index contributed by atoms with van der Waals surface area (Å²) in [6, 6.07) is 8.20. The minimum Gasteiger partial charge on any atom is -0.497 e. The van der Waals surface area contributed by atoms with Gasteiger partial charge in [0.25, 0.3) is 0 Å². The van der Waals surface area contributed by atoms with Crippen molar-refractivity contribution in [3.8, 4) is 5.75 Å². The van der Waals surface area contributed by atoms with E-state index in [0.717, 1.165) is 32.0 Å². The minimum atomic E-state index is 0.182. The second-order valence-electron chi connectivity index (χ2n) is 4.31. The molecule has 1 aromatic rings. The number of hydrogen-bond acceptors (Lipinski definition) is 4. The molecule has 1 saturated heterocycles. The Hall–Kier alpha value is -1.10. The highest BCUT2D eigenvalue weighted by Crippen LogP contribution is 2.14. The van der Waals surface area contributed by atoms with Crippen molar-refractivity contribution in [1.29, 1.82) is 0 Å². The fourth-order valence-electron chi connectivity index (χ4n) is 2.06. The summed E-state index contributed by atoms with van der Waals surface area (Å²) in [5.74, 6) is 0.899. The Kier molecular flexibility index (Phi) is 4.36. The molecule has 0 radical (unpaired) electrons. The molecule has 94 valence electrons. The van der Waals surface area contributed by atoms with E-state index in [1.165, 1.54) is 5.56 Å². The van der Waals surface area contributed by atoms with Crippen molar-refractivity contribution >= 4 is 0 Å². The van der Waals surface area contributed by atoms with Crippen LogP contribution in [-0.4, -0.2) is 44.4 Å². The lowest BCUT2D eigenvalue weighted by atomic mass is 10.2. The molecule has 0 unspecified atom stereocenters. The Labute approximate surface area is 102 Å². The molecule has 17 heavy (non-hydrogen) atoms. The average Bonchev–Trinajstić information content (AvgIpc) is 2.40. The summed E-state index contributed by atoms with van der Waals surface area (Å²) in [6.45, 7) is 4.21. The quantitative estimate of drug-likeness (QED) is 0.842. The summed E-state index contributed by atoms with van der Waals surface area (Å²) in [7, 11) is 1.68. The zero-order valence-corrected chi connectivity index (χ0v) is 10.3. The van der Waals surface area contributed by atoms with Crippen LogP contribution in [0.2, 0.25) is 0 Å². The van der Waals surface area contributed by atoms with Crippen molar-refractivity contribution in [2.45, 2.75) is 12.6 Å². The van der Waals surface area contributed by atoms with Gasteiger partial charge in [0.05, 0.1) is 19.8 Å². The highest BCUT2D eigenvalue weighted by molar-refractivity contribution is 5.27. The second-order valence-corrected chi connectivity index (χ2v) is 4.31. The van der Waals surface area contributed by atoms with Crippen LogP contribution in [0.4, 0.5) is 0 Å². The first kappa shape index (κ1) is 12.4. The van der Waals surface area contributed by atoms with E-state index >= 15 is 0 Å². The fraction of sp³-hybridized carbons (Fsp3) is 0.538. The summed E-state index contributed by atoms with van der Waals surface area (Å²) in [5.41, 5.74) is 6.92. The smallest absolute Gasteiger partial charge is 0.118 e. The van der Waals surface area contributed by atoms with Gasteiger partial charge >= 0.3 is 0 Å². The lowest BCUT2D eigenvalue weighted by Gasteiger charge is -2.32. The molecule has 1 atom stereocenters. The molecule has 4 heteroatoms. The van der Waals surface area contributed by atoms with E-state index in [1.54, 1.807) is 7.11 Å². The van der Waals surface area contributed by atoms with Gasteiger partial charge in [-0.3, -0.25) is 4.90 Å². The van der Waals surface area contributed by atoms with Crippen LogP contribution in [0.3, 0.4) is 0 Å². The van der Waals surface area contributed by atoms with Gasteiger partial charge in [-0.25, -0.2) is 0 Å². The highest BCUT2D eigenvalue weighted by atomic mass is 16.5. The number of nitrogens with zero attached hydrogens (tertiary/aromatic N) is 1. The number of methoxy groups -OCH3 is 1. The molecule has 1 fully saturated rings. The van der Waals surface area contributed by atoms with Crippen LogP contribution in [-0.2, 0) is 11.3 Å². The topological polar surface area (TPSA) is 47.7 Å². The van der Waals surface area contributed by atoms with Gasteiger partial charge in [-0.2, -0.15) is 0 Å². The second kappa shape index (κ2) is 6.00. The first-order valence-electron chi connectivity index (χ1n) is 5.99. The Morgan fingerprint density at radius 2 is 2.18 bits per heavy atom. The molecule has 1 heterocycles. The normalized spacial score (nSPS) is 21.4. The fourth-order valence-corrected chi connectivity index (χ4v) is 2.06. The van der Waals surface area contributed by atoms with E-state index < -0.39 is 0 Å². The number of benzene rings is 1. The highest BCUT2D eigenvalue weighted by Gasteiger charge is 2.18. The first-order valence-corrected chi connectivity index (χ1v) is 5.99. The van der Waals surface area contributed by atoms with Gasteiger partial charge in [0.1, 0.15) is 5.75 Å². The summed E-state index contributed by atoms with van der Waals surface area (Å²) < 4.78 is 10.7. The standard InChI is InChI=1S/C13H20N2O2/c1-16-12-4-2-11(3-5-12)9-15-6-7-17-13(8-14)10-15/h2-5,13H,6-10,14H2,1H3/t13-/m0/s1. The summed E-state index contributed by atoms with van der Waals surface area (Å²) >= 11 is 0. The van der Waals surface area contributed by atoms with Gasteiger partial charge in [-0.05, 0) is 17.7 Å². The Balaban J connectivity index is 1.90. The van der Waals surface area contributed by atoms with Crippen molar-refractivity contribution in [1.82, 2.24) is 4.90 Å². The van der Waals surface area contributed by atoms with Crippen molar-refractivity contribution < 1.29 is 9.47 Å². The zero-order valence-electron chi connectivity index (χ0n) is 10.3. The van der Waals surface area contributed by atoms with Gasteiger partial charge in [0.15, 0.2) is 0 Å². The van der Waals surface area contributed by atoms with E-state index in [9.17, 15) is 0 Å². The molecule has 1 aliphatic heterocycles. The Morgan fingerprint density at radius 1 is 1.41 bits per heavy atom. The average molecular weight is 236 g/mol. The first-order chi connectivity index (χ1) is 8.31. The Bertz CT molecular complexity index is 340. The minimum absolute atomic E-state index is 0.182. The molecular weight excluding hydrogens is 216 g/mol. The van der Waals surface area contributed by atoms with E-state index in [-0.39, 0.29) is 6.10 Å². The predicted octanol–water partition coefficient (Wildman–Crippen LogP) is 0.855. The third-order valence-corrected chi connectivity index (χ3v) is 3.05. The van der Waals surface area contributed by atoms with Crippen LogP contribution in [0.25, 0.3) is 0 Å². The third kappa shape index (κ3) is 3.43. The maximum Gasteiger partial charge on any atom is 0.118 e. The number of rotatable bonds is 4. The molecule has 1 aromatic carbocycles. The van der Waals surface area contributed by atoms with Crippen LogP contribution >= 0.6 is 0 Å².